The molecule has 0 amide bonds. The second-order valence-corrected chi connectivity index (χ2v) is 5.13. The minimum absolute atomic E-state index is 0.0754. The van der Waals surface area contributed by atoms with E-state index >= 15 is 0 Å². The first-order valence-corrected chi connectivity index (χ1v) is 6.72. The molecule has 0 bridgehead atoms. The second-order valence-electron chi connectivity index (χ2n) is 4.06. The number of nitro groups is 1. The van der Waals surface area contributed by atoms with E-state index in [4.69, 9.17) is 4.74 Å². The lowest BCUT2D eigenvalue weighted by atomic mass is 10.1. The van der Waals surface area contributed by atoms with Gasteiger partial charge in [0.1, 0.15) is 5.75 Å². The van der Waals surface area contributed by atoms with E-state index < -0.39 is 11.0 Å². The first-order valence-electron chi connectivity index (χ1n) is 5.90. The molecule has 1 aromatic heterocycles. The lowest BCUT2D eigenvalue weighted by Gasteiger charge is -2.12. The van der Waals surface area contributed by atoms with Crippen molar-refractivity contribution in [3.8, 4) is 5.75 Å². The van der Waals surface area contributed by atoms with Gasteiger partial charge in [-0.2, -0.15) is 0 Å². The van der Waals surface area contributed by atoms with Crippen molar-refractivity contribution in [3.63, 3.8) is 0 Å². The molecular weight excluding hydrogens is 280 g/mol. The summed E-state index contributed by atoms with van der Waals surface area (Å²) in [7, 11) is 1.58. The molecule has 0 aliphatic rings. The van der Waals surface area contributed by atoms with Crippen LogP contribution in [0.15, 0.2) is 36.4 Å². The van der Waals surface area contributed by atoms with Gasteiger partial charge in [-0.1, -0.05) is 12.1 Å². The van der Waals surface area contributed by atoms with E-state index in [-0.39, 0.29) is 11.5 Å². The fraction of sp³-hybridized carbons (Fsp3) is 0.231. The molecule has 0 saturated heterocycles. The number of ether oxygens (including phenoxy) is 1. The van der Waals surface area contributed by atoms with Crippen molar-refractivity contribution in [2.24, 2.45) is 0 Å². The van der Waals surface area contributed by atoms with Crippen LogP contribution in [0.5, 0.6) is 5.75 Å². The van der Waals surface area contributed by atoms with Gasteiger partial charge in [0.25, 0.3) is 0 Å². The summed E-state index contributed by atoms with van der Waals surface area (Å²) in [6.07, 6.45) is -0.693. The predicted molar refractivity (Wildman–Crippen MR) is 77.4 cm³/mol. The molecule has 106 valence electrons. The number of aliphatic hydroxyl groups excluding tert-OH is 1. The molecule has 0 unspecified atom stereocenters. The number of aliphatic hydroxyl groups is 1. The van der Waals surface area contributed by atoms with Gasteiger partial charge in [-0.05, 0) is 35.1 Å². The molecule has 2 aromatic rings. The minimum Gasteiger partial charge on any atom is -0.497 e. The van der Waals surface area contributed by atoms with Gasteiger partial charge in [0.2, 0.25) is 0 Å². The summed E-state index contributed by atoms with van der Waals surface area (Å²) in [6.45, 7) is 0.282. The lowest BCUT2D eigenvalue weighted by molar-refractivity contribution is -0.380. The molecule has 1 heterocycles. The molecular formula is C13H14N2O4S. The average molecular weight is 294 g/mol. The van der Waals surface area contributed by atoms with Gasteiger partial charge in [-0.15, -0.1) is 0 Å². The molecule has 1 aromatic carbocycles. The van der Waals surface area contributed by atoms with Crippen molar-refractivity contribution in [1.82, 2.24) is 0 Å². The lowest BCUT2D eigenvalue weighted by Crippen LogP contribution is -2.11. The molecule has 2 N–H and O–H groups in total. The van der Waals surface area contributed by atoms with Crippen LogP contribution in [0.1, 0.15) is 11.7 Å². The third-order valence-corrected chi connectivity index (χ3v) is 3.74. The summed E-state index contributed by atoms with van der Waals surface area (Å²) < 4.78 is 5.04. The molecule has 0 aliphatic heterocycles. The average Bonchev–Trinajstić information content (AvgIpc) is 2.94. The summed E-state index contributed by atoms with van der Waals surface area (Å²) in [4.78, 5) is 10.1. The predicted octanol–water partition coefficient (Wildman–Crippen LogP) is 2.81. The van der Waals surface area contributed by atoms with Crippen LogP contribution in [0, 0.1) is 10.1 Å². The number of hydrogen-bond donors (Lipinski definition) is 2. The second kappa shape index (κ2) is 6.36. The van der Waals surface area contributed by atoms with Crippen LogP contribution in [0.2, 0.25) is 0 Å². The Morgan fingerprint density at radius 1 is 1.35 bits per heavy atom. The van der Waals surface area contributed by atoms with Crippen molar-refractivity contribution in [3.05, 3.63) is 52.1 Å². The van der Waals surface area contributed by atoms with Crippen molar-refractivity contribution < 1.29 is 14.8 Å². The molecule has 1 atom stereocenters. The topological polar surface area (TPSA) is 84.6 Å². The highest BCUT2D eigenvalue weighted by molar-refractivity contribution is 7.19. The summed E-state index contributed by atoms with van der Waals surface area (Å²) in [6, 6.07) is 10.2. The van der Waals surface area contributed by atoms with Gasteiger partial charge in [0.05, 0.1) is 23.1 Å². The monoisotopic (exact) mass is 294 g/mol. The number of nitrogens with one attached hydrogen (secondary N) is 1. The molecule has 2 rings (SSSR count). The Balaban J connectivity index is 1.93. The van der Waals surface area contributed by atoms with Crippen LogP contribution in [0.25, 0.3) is 0 Å². The molecule has 0 radical (unpaired) electrons. The third kappa shape index (κ3) is 3.46. The quantitative estimate of drug-likeness (QED) is 0.632. The zero-order chi connectivity index (χ0) is 14.5. The molecule has 20 heavy (non-hydrogen) atoms. The van der Waals surface area contributed by atoms with E-state index in [1.54, 1.807) is 37.4 Å². The molecule has 0 saturated carbocycles. The van der Waals surface area contributed by atoms with Crippen LogP contribution in [-0.2, 0) is 0 Å². The smallest absolute Gasteiger partial charge is 0.326 e. The Hall–Kier alpha value is -2.12. The first-order chi connectivity index (χ1) is 9.60. The maximum absolute atomic E-state index is 10.6. The summed E-state index contributed by atoms with van der Waals surface area (Å²) in [5.74, 6) is 0.725. The normalized spacial score (nSPS) is 11.9. The van der Waals surface area contributed by atoms with Crippen LogP contribution >= 0.6 is 11.3 Å². The van der Waals surface area contributed by atoms with Gasteiger partial charge in [-0.25, -0.2) is 0 Å². The van der Waals surface area contributed by atoms with Crippen LogP contribution in [-0.4, -0.2) is 23.7 Å². The van der Waals surface area contributed by atoms with Gasteiger partial charge in [-0.3, -0.25) is 10.1 Å². The Morgan fingerprint density at radius 3 is 2.60 bits per heavy atom. The number of nitrogens with zero attached hydrogens (tertiary/aromatic N) is 1. The number of thiophene rings is 1. The van der Waals surface area contributed by atoms with E-state index in [1.807, 2.05) is 0 Å². The SMILES string of the molecule is COc1ccc([C@@H](O)CNc2ccc([N+](=O)[O-])s2)cc1. The Bertz CT molecular complexity index is 582. The summed E-state index contributed by atoms with van der Waals surface area (Å²) in [5.41, 5.74) is 0.754. The van der Waals surface area contributed by atoms with Crippen molar-refractivity contribution >= 4 is 21.3 Å². The Kier molecular flexibility index (Phi) is 4.54. The van der Waals surface area contributed by atoms with Gasteiger partial charge < -0.3 is 15.2 Å². The van der Waals surface area contributed by atoms with Crippen molar-refractivity contribution in [1.29, 1.82) is 0 Å². The number of benzene rings is 1. The van der Waals surface area contributed by atoms with E-state index in [1.165, 1.54) is 6.07 Å². The van der Waals surface area contributed by atoms with Crippen LogP contribution < -0.4 is 10.1 Å². The molecule has 0 fully saturated rings. The number of methoxy groups -OCH3 is 1. The van der Waals surface area contributed by atoms with E-state index in [0.717, 1.165) is 22.6 Å². The first kappa shape index (κ1) is 14.3. The molecule has 7 heteroatoms. The molecule has 6 nitrogen and oxygen atoms in total. The van der Waals surface area contributed by atoms with Gasteiger partial charge >= 0.3 is 5.00 Å². The summed E-state index contributed by atoms with van der Waals surface area (Å²) >= 11 is 1.04. The largest absolute Gasteiger partial charge is 0.497 e. The van der Waals surface area contributed by atoms with Gasteiger partial charge in [0, 0.05) is 12.6 Å². The maximum atomic E-state index is 10.6. The maximum Gasteiger partial charge on any atom is 0.326 e. The zero-order valence-electron chi connectivity index (χ0n) is 10.8. The fourth-order valence-electron chi connectivity index (χ4n) is 1.66. The highest BCUT2D eigenvalue weighted by Crippen LogP contribution is 2.28. The highest BCUT2D eigenvalue weighted by atomic mass is 32.1. The third-order valence-electron chi connectivity index (χ3n) is 2.74. The highest BCUT2D eigenvalue weighted by Gasteiger charge is 2.11. The Morgan fingerprint density at radius 2 is 2.05 bits per heavy atom. The van der Waals surface area contributed by atoms with E-state index in [0.29, 0.717) is 5.00 Å². The van der Waals surface area contributed by atoms with Gasteiger partial charge in [0.15, 0.2) is 0 Å². The fourth-order valence-corrected chi connectivity index (χ4v) is 2.39. The number of anilines is 1. The van der Waals surface area contributed by atoms with Crippen molar-refractivity contribution in [2.45, 2.75) is 6.10 Å². The van der Waals surface area contributed by atoms with Crippen LogP contribution in [0.4, 0.5) is 10.0 Å². The van der Waals surface area contributed by atoms with E-state index in [9.17, 15) is 15.2 Å². The Labute approximate surface area is 119 Å². The molecule has 0 aliphatic carbocycles. The zero-order valence-corrected chi connectivity index (χ0v) is 11.6. The number of hydrogen-bond acceptors (Lipinski definition) is 6. The van der Waals surface area contributed by atoms with Crippen LogP contribution in [0.3, 0.4) is 0 Å². The minimum atomic E-state index is -0.693. The van der Waals surface area contributed by atoms with Crippen molar-refractivity contribution in [2.75, 3.05) is 19.0 Å². The number of rotatable bonds is 6. The molecule has 0 spiro atoms. The standard InChI is InChI=1S/C13H14N2O4S/c1-19-10-4-2-9(3-5-10)11(16)8-14-12-6-7-13(20-12)15(17)18/h2-7,11,14,16H,8H2,1H3/t11-/m0/s1. The van der Waals surface area contributed by atoms with E-state index in [2.05, 4.69) is 5.32 Å². The summed E-state index contributed by atoms with van der Waals surface area (Å²) in [5, 5.41) is 24.3.